The lowest BCUT2D eigenvalue weighted by atomic mass is 9.91. The van der Waals surface area contributed by atoms with E-state index in [0.29, 0.717) is 0 Å². The van der Waals surface area contributed by atoms with Crippen LogP contribution in [0.2, 0.25) is 0 Å². The summed E-state index contributed by atoms with van der Waals surface area (Å²) in [4.78, 5) is 1.25. The quantitative estimate of drug-likeness (QED) is 0.879. The molecule has 1 fully saturated rings. The summed E-state index contributed by atoms with van der Waals surface area (Å²) in [6.45, 7) is 2.48. The average Bonchev–Trinajstić information content (AvgIpc) is 2.31. The number of aliphatic hydroxyl groups excluding tert-OH is 1. The summed E-state index contributed by atoms with van der Waals surface area (Å²) < 4.78 is 1.04. The second-order valence-electron chi connectivity index (χ2n) is 4.92. The molecule has 0 amide bonds. The van der Waals surface area contributed by atoms with Crippen molar-refractivity contribution in [2.24, 2.45) is 5.92 Å². The van der Waals surface area contributed by atoms with Gasteiger partial charge in [-0.2, -0.15) is 0 Å². The summed E-state index contributed by atoms with van der Waals surface area (Å²) in [5, 5.41) is 10.1. The van der Waals surface area contributed by atoms with Crippen molar-refractivity contribution in [1.29, 1.82) is 0 Å². The van der Waals surface area contributed by atoms with Gasteiger partial charge in [0.05, 0.1) is 6.61 Å². The van der Waals surface area contributed by atoms with Crippen molar-refractivity contribution < 1.29 is 5.11 Å². The summed E-state index contributed by atoms with van der Waals surface area (Å²) >= 11 is 5.40. The molecule has 0 heterocycles. The highest BCUT2D eigenvalue weighted by molar-refractivity contribution is 9.10. The number of hydrogen-bond acceptors (Lipinski definition) is 2. The largest absolute Gasteiger partial charge is 0.392 e. The predicted octanol–water partition coefficient (Wildman–Crippen LogP) is 4.61. The van der Waals surface area contributed by atoms with Crippen LogP contribution in [0, 0.1) is 5.92 Å². The smallest absolute Gasteiger partial charge is 0.0693 e. The Morgan fingerprint density at radius 2 is 2.24 bits per heavy atom. The average molecular weight is 315 g/mol. The summed E-state index contributed by atoms with van der Waals surface area (Å²) in [6.07, 6.45) is 5.36. The number of hydrogen-bond donors (Lipinski definition) is 1. The van der Waals surface area contributed by atoms with E-state index in [1.807, 2.05) is 17.8 Å². The second kappa shape index (κ2) is 6.26. The van der Waals surface area contributed by atoms with E-state index in [2.05, 4.69) is 35.0 Å². The Balaban J connectivity index is 2.07. The first kappa shape index (κ1) is 13.4. The van der Waals surface area contributed by atoms with E-state index < -0.39 is 0 Å². The zero-order valence-electron chi connectivity index (χ0n) is 10.2. The van der Waals surface area contributed by atoms with E-state index in [4.69, 9.17) is 0 Å². The Hall–Kier alpha value is 0.01000. The predicted molar refractivity (Wildman–Crippen MR) is 77.3 cm³/mol. The van der Waals surface area contributed by atoms with Crippen LogP contribution in [0.1, 0.15) is 38.2 Å². The van der Waals surface area contributed by atoms with Gasteiger partial charge in [0.2, 0.25) is 0 Å². The van der Waals surface area contributed by atoms with Crippen molar-refractivity contribution >= 4 is 27.7 Å². The van der Waals surface area contributed by atoms with Crippen molar-refractivity contribution in [1.82, 2.24) is 0 Å². The molecule has 1 aromatic rings. The Morgan fingerprint density at radius 1 is 1.41 bits per heavy atom. The van der Waals surface area contributed by atoms with E-state index in [9.17, 15) is 5.11 Å². The van der Waals surface area contributed by atoms with Gasteiger partial charge in [-0.3, -0.25) is 0 Å². The van der Waals surface area contributed by atoms with Crippen LogP contribution in [0.3, 0.4) is 0 Å². The number of halogens is 1. The summed E-state index contributed by atoms with van der Waals surface area (Å²) in [6, 6.07) is 6.21. The maximum absolute atomic E-state index is 9.39. The molecule has 3 heteroatoms. The Morgan fingerprint density at radius 3 is 2.94 bits per heavy atom. The van der Waals surface area contributed by atoms with E-state index in [1.165, 1.54) is 30.6 Å². The molecule has 2 atom stereocenters. The number of aliphatic hydroxyl groups is 1. The van der Waals surface area contributed by atoms with Gasteiger partial charge in [0.15, 0.2) is 0 Å². The Bertz CT molecular complexity index is 380. The number of rotatable bonds is 3. The molecule has 0 aliphatic heterocycles. The highest BCUT2D eigenvalue weighted by Gasteiger charge is 2.20. The van der Waals surface area contributed by atoms with E-state index in [1.54, 1.807) is 0 Å². The minimum absolute atomic E-state index is 0.129. The second-order valence-corrected chi connectivity index (χ2v) is 7.18. The molecule has 2 unspecified atom stereocenters. The van der Waals surface area contributed by atoms with Crippen molar-refractivity contribution in [3.05, 3.63) is 28.2 Å². The fraction of sp³-hybridized carbons (Fsp3) is 0.571. The molecule has 2 rings (SSSR count). The summed E-state index contributed by atoms with van der Waals surface area (Å²) in [5.41, 5.74) is 1.04. The lowest BCUT2D eigenvalue weighted by Gasteiger charge is -2.26. The molecule has 17 heavy (non-hydrogen) atoms. The van der Waals surface area contributed by atoms with Crippen LogP contribution in [0.15, 0.2) is 27.6 Å². The van der Waals surface area contributed by atoms with Gasteiger partial charge in [-0.15, -0.1) is 11.8 Å². The van der Waals surface area contributed by atoms with E-state index in [0.717, 1.165) is 21.2 Å². The normalized spacial score (nSPS) is 24.9. The van der Waals surface area contributed by atoms with Gasteiger partial charge in [-0.05, 0) is 42.5 Å². The standard InChI is InChI=1S/C14H19BrOS/c1-10-3-2-4-13(7-10)17-14-6-5-12(15)8-11(14)9-16/h5-6,8,10,13,16H,2-4,7,9H2,1H3. The van der Waals surface area contributed by atoms with Crippen LogP contribution in [0.4, 0.5) is 0 Å². The minimum Gasteiger partial charge on any atom is -0.392 e. The first-order chi connectivity index (χ1) is 8.19. The fourth-order valence-electron chi connectivity index (χ4n) is 2.45. The molecular formula is C14H19BrOS. The molecule has 0 spiro atoms. The van der Waals surface area contributed by atoms with E-state index in [-0.39, 0.29) is 6.61 Å². The first-order valence-corrected chi connectivity index (χ1v) is 7.92. The van der Waals surface area contributed by atoms with Crippen LogP contribution in [-0.4, -0.2) is 10.4 Å². The van der Waals surface area contributed by atoms with Gasteiger partial charge in [-0.25, -0.2) is 0 Å². The lowest BCUT2D eigenvalue weighted by Crippen LogP contribution is -2.15. The van der Waals surface area contributed by atoms with E-state index >= 15 is 0 Å². The molecule has 0 aromatic heterocycles. The van der Waals surface area contributed by atoms with Crippen LogP contribution < -0.4 is 0 Å². The van der Waals surface area contributed by atoms with Gasteiger partial charge >= 0.3 is 0 Å². The molecule has 94 valence electrons. The maximum atomic E-state index is 9.39. The van der Waals surface area contributed by atoms with Gasteiger partial charge in [0.1, 0.15) is 0 Å². The highest BCUT2D eigenvalue weighted by Crippen LogP contribution is 2.38. The van der Waals surface area contributed by atoms with Crippen LogP contribution in [-0.2, 0) is 6.61 Å². The van der Waals surface area contributed by atoms with Gasteiger partial charge < -0.3 is 5.11 Å². The topological polar surface area (TPSA) is 20.2 Å². The Labute approximate surface area is 116 Å². The van der Waals surface area contributed by atoms with Crippen LogP contribution in [0.25, 0.3) is 0 Å². The van der Waals surface area contributed by atoms with Crippen molar-refractivity contribution in [2.45, 2.75) is 49.4 Å². The molecule has 1 saturated carbocycles. The third-order valence-electron chi connectivity index (χ3n) is 3.37. The molecule has 0 bridgehead atoms. The molecule has 1 nitrogen and oxygen atoms in total. The SMILES string of the molecule is CC1CCCC(Sc2ccc(Br)cc2CO)C1. The van der Waals surface area contributed by atoms with Gasteiger partial charge in [0.25, 0.3) is 0 Å². The molecule has 0 saturated heterocycles. The number of thioether (sulfide) groups is 1. The van der Waals surface area contributed by atoms with Crippen molar-refractivity contribution in [2.75, 3.05) is 0 Å². The zero-order valence-corrected chi connectivity index (χ0v) is 12.6. The minimum atomic E-state index is 0.129. The van der Waals surface area contributed by atoms with Crippen molar-refractivity contribution in [3.63, 3.8) is 0 Å². The first-order valence-electron chi connectivity index (χ1n) is 6.25. The zero-order chi connectivity index (χ0) is 12.3. The highest BCUT2D eigenvalue weighted by atomic mass is 79.9. The molecular weight excluding hydrogens is 296 g/mol. The van der Waals surface area contributed by atoms with Crippen LogP contribution in [0.5, 0.6) is 0 Å². The van der Waals surface area contributed by atoms with Crippen molar-refractivity contribution in [3.8, 4) is 0 Å². The third-order valence-corrected chi connectivity index (χ3v) is 5.28. The van der Waals surface area contributed by atoms with Crippen LogP contribution >= 0.6 is 27.7 Å². The maximum Gasteiger partial charge on any atom is 0.0693 e. The third kappa shape index (κ3) is 3.73. The Kier molecular flexibility index (Phi) is 4.95. The number of benzene rings is 1. The molecule has 1 aliphatic rings. The monoisotopic (exact) mass is 314 g/mol. The molecule has 1 aromatic carbocycles. The molecule has 1 aliphatic carbocycles. The summed E-state index contributed by atoms with van der Waals surface area (Å²) in [5.74, 6) is 0.856. The fourth-order valence-corrected chi connectivity index (χ4v) is 4.35. The molecule has 0 radical (unpaired) electrons. The van der Waals surface area contributed by atoms with Gasteiger partial charge in [0, 0.05) is 14.6 Å². The summed E-state index contributed by atoms with van der Waals surface area (Å²) in [7, 11) is 0. The molecule has 1 N–H and O–H groups in total. The lowest BCUT2D eigenvalue weighted by molar-refractivity contribution is 0.279. The van der Waals surface area contributed by atoms with Gasteiger partial charge in [-0.1, -0.05) is 35.7 Å².